The van der Waals surface area contributed by atoms with Crippen molar-refractivity contribution in [3.05, 3.63) is 59.8 Å². The van der Waals surface area contributed by atoms with Crippen LogP contribution in [0.2, 0.25) is 0 Å². The molecule has 1 aromatic heterocycles. The van der Waals surface area contributed by atoms with Gasteiger partial charge in [0.25, 0.3) is 5.91 Å². The molecule has 1 N–H and O–H groups in total. The van der Waals surface area contributed by atoms with Gasteiger partial charge in [-0.05, 0) is 23.8 Å². The molecule has 0 saturated carbocycles. The quantitative estimate of drug-likeness (QED) is 0.724. The number of alkyl halides is 3. The van der Waals surface area contributed by atoms with E-state index in [1.807, 2.05) is 24.3 Å². The highest BCUT2D eigenvalue weighted by Gasteiger charge is 2.31. The van der Waals surface area contributed by atoms with E-state index in [1.54, 1.807) is 17.0 Å². The Morgan fingerprint density at radius 1 is 1.03 bits per heavy atom. The predicted octanol–water partition coefficient (Wildman–Crippen LogP) is 3.42. The SMILES string of the molecule is O=C(c1n[nH]c2ccccc12)N1CCN(Cc2ccc(OC(F)(F)F)cc2)CC1. The van der Waals surface area contributed by atoms with Crippen LogP contribution >= 0.6 is 0 Å². The van der Waals surface area contributed by atoms with Crippen molar-refractivity contribution in [1.29, 1.82) is 0 Å². The molecule has 1 aliphatic heterocycles. The molecule has 0 aliphatic carbocycles. The van der Waals surface area contributed by atoms with Crippen LogP contribution in [-0.2, 0) is 6.54 Å². The van der Waals surface area contributed by atoms with Crippen LogP contribution in [0.1, 0.15) is 16.1 Å². The normalized spacial score (nSPS) is 15.6. The van der Waals surface area contributed by atoms with Gasteiger partial charge in [0.1, 0.15) is 5.75 Å². The first-order valence-electron chi connectivity index (χ1n) is 9.18. The summed E-state index contributed by atoms with van der Waals surface area (Å²) < 4.78 is 40.6. The van der Waals surface area contributed by atoms with Crippen molar-refractivity contribution in [2.45, 2.75) is 12.9 Å². The van der Waals surface area contributed by atoms with Gasteiger partial charge in [0, 0.05) is 38.1 Å². The predicted molar refractivity (Wildman–Crippen MR) is 100 cm³/mol. The first-order valence-corrected chi connectivity index (χ1v) is 9.18. The Hall–Kier alpha value is -3.07. The highest BCUT2D eigenvalue weighted by Crippen LogP contribution is 2.23. The third-order valence-electron chi connectivity index (χ3n) is 4.90. The van der Waals surface area contributed by atoms with Crippen molar-refractivity contribution in [3.63, 3.8) is 0 Å². The standard InChI is InChI=1S/C20H19F3N4O2/c21-20(22,23)29-15-7-5-14(6-8-15)13-26-9-11-27(12-10-26)19(28)18-16-3-1-2-4-17(16)24-25-18/h1-8H,9-13H2,(H,24,25). The van der Waals surface area contributed by atoms with Gasteiger partial charge in [-0.15, -0.1) is 13.2 Å². The van der Waals surface area contributed by atoms with Gasteiger partial charge in [-0.1, -0.05) is 30.3 Å². The molecule has 6 nitrogen and oxygen atoms in total. The fourth-order valence-electron chi connectivity index (χ4n) is 3.44. The second-order valence-corrected chi connectivity index (χ2v) is 6.88. The number of carbonyl (C=O) groups excluding carboxylic acids is 1. The molecule has 0 unspecified atom stereocenters. The molecule has 1 amide bonds. The molecule has 1 saturated heterocycles. The van der Waals surface area contributed by atoms with E-state index in [0.29, 0.717) is 38.4 Å². The lowest BCUT2D eigenvalue weighted by atomic mass is 10.1. The number of hydrogen-bond acceptors (Lipinski definition) is 4. The smallest absolute Gasteiger partial charge is 0.406 e. The Labute approximate surface area is 164 Å². The highest BCUT2D eigenvalue weighted by atomic mass is 19.4. The van der Waals surface area contributed by atoms with Crippen molar-refractivity contribution in [2.24, 2.45) is 0 Å². The third-order valence-corrected chi connectivity index (χ3v) is 4.90. The molecule has 152 valence electrons. The second-order valence-electron chi connectivity index (χ2n) is 6.88. The third kappa shape index (κ3) is 4.51. The minimum atomic E-state index is -4.69. The Morgan fingerprint density at radius 2 is 1.72 bits per heavy atom. The van der Waals surface area contributed by atoms with Crippen molar-refractivity contribution >= 4 is 16.8 Å². The number of piperazine rings is 1. The summed E-state index contributed by atoms with van der Waals surface area (Å²) in [5.41, 5.74) is 2.14. The largest absolute Gasteiger partial charge is 0.573 e. The van der Waals surface area contributed by atoms with E-state index in [0.717, 1.165) is 16.5 Å². The van der Waals surface area contributed by atoms with E-state index in [4.69, 9.17) is 0 Å². The van der Waals surface area contributed by atoms with E-state index in [9.17, 15) is 18.0 Å². The van der Waals surface area contributed by atoms with Crippen molar-refractivity contribution < 1.29 is 22.7 Å². The molecule has 1 aliphatic rings. The molecule has 2 heterocycles. The van der Waals surface area contributed by atoms with Crippen LogP contribution in [-0.4, -0.2) is 58.4 Å². The number of hydrogen-bond donors (Lipinski definition) is 1. The summed E-state index contributed by atoms with van der Waals surface area (Å²) in [6, 6.07) is 13.4. The molecule has 0 atom stereocenters. The van der Waals surface area contributed by atoms with E-state index in [2.05, 4.69) is 19.8 Å². The fourth-order valence-corrected chi connectivity index (χ4v) is 3.44. The average molecular weight is 404 g/mol. The first kappa shape index (κ1) is 19.3. The lowest BCUT2D eigenvalue weighted by molar-refractivity contribution is -0.274. The summed E-state index contributed by atoms with van der Waals surface area (Å²) in [4.78, 5) is 16.7. The Balaban J connectivity index is 1.33. The van der Waals surface area contributed by atoms with E-state index >= 15 is 0 Å². The maximum absolute atomic E-state index is 12.8. The summed E-state index contributed by atoms with van der Waals surface area (Å²) in [7, 11) is 0. The van der Waals surface area contributed by atoms with Gasteiger partial charge < -0.3 is 9.64 Å². The minimum Gasteiger partial charge on any atom is -0.406 e. The second kappa shape index (κ2) is 7.75. The number of benzene rings is 2. The number of amides is 1. The van der Waals surface area contributed by atoms with Gasteiger partial charge in [-0.25, -0.2) is 0 Å². The molecule has 2 aromatic carbocycles. The van der Waals surface area contributed by atoms with Gasteiger partial charge in [-0.3, -0.25) is 14.8 Å². The lowest BCUT2D eigenvalue weighted by Gasteiger charge is -2.34. The van der Waals surface area contributed by atoms with Gasteiger partial charge in [0.05, 0.1) is 5.52 Å². The van der Waals surface area contributed by atoms with Crippen LogP contribution in [0.4, 0.5) is 13.2 Å². The molecule has 9 heteroatoms. The Bertz CT molecular complexity index is 993. The summed E-state index contributed by atoms with van der Waals surface area (Å²) in [5.74, 6) is -0.335. The summed E-state index contributed by atoms with van der Waals surface area (Å²) in [5, 5.41) is 7.86. The Morgan fingerprint density at radius 3 is 2.41 bits per heavy atom. The molecule has 0 spiro atoms. The fraction of sp³-hybridized carbons (Fsp3) is 0.300. The van der Waals surface area contributed by atoms with Crippen LogP contribution in [0.5, 0.6) is 5.75 Å². The van der Waals surface area contributed by atoms with Crippen molar-refractivity contribution in [2.75, 3.05) is 26.2 Å². The molecule has 4 rings (SSSR count). The number of ether oxygens (including phenoxy) is 1. The number of para-hydroxylation sites is 1. The molecule has 3 aromatic rings. The van der Waals surface area contributed by atoms with Crippen LogP contribution < -0.4 is 4.74 Å². The van der Waals surface area contributed by atoms with E-state index in [1.165, 1.54) is 12.1 Å². The van der Waals surface area contributed by atoms with Crippen LogP contribution in [0.25, 0.3) is 10.9 Å². The number of fused-ring (bicyclic) bond motifs is 1. The zero-order valence-electron chi connectivity index (χ0n) is 15.4. The summed E-state index contributed by atoms with van der Waals surface area (Å²) in [6.07, 6.45) is -4.69. The number of nitrogens with zero attached hydrogens (tertiary/aromatic N) is 3. The maximum Gasteiger partial charge on any atom is 0.573 e. The highest BCUT2D eigenvalue weighted by molar-refractivity contribution is 6.04. The number of nitrogens with one attached hydrogen (secondary N) is 1. The van der Waals surface area contributed by atoms with Gasteiger partial charge in [0.15, 0.2) is 5.69 Å². The zero-order valence-corrected chi connectivity index (χ0v) is 15.4. The molecule has 1 fully saturated rings. The molecule has 0 bridgehead atoms. The molecule has 0 radical (unpaired) electrons. The average Bonchev–Trinajstić information content (AvgIpc) is 3.13. The van der Waals surface area contributed by atoms with Gasteiger partial charge >= 0.3 is 6.36 Å². The lowest BCUT2D eigenvalue weighted by Crippen LogP contribution is -2.48. The van der Waals surface area contributed by atoms with Crippen LogP contribution in [0, 0.1) is 0 Å². The first-order chi connectivity index (χ1) is 13.9. The van der Waals surface area contributed by atoms with E-state index < -0.39 is 6.36 Å². The summed E-state index contributed by atoms with van der Waals surface area (Å²) in [6.45, 7) is 3.08. The summed E-state index contributed by atoms with van der Waals surface area (Å²) >= 11 is 0. The minimum absolute atomic E-state index is 0.101. The Kier molecular flexibility index (Phi) is 5.14. The number of carbonyl (C=O) groups is 1. The van der Waals surface area contributed by atoms with Crippen molar-refractivity contribution in [3.8, 4) is 5.75 Å². The number of aromatic amines is 1. The monoisotopic (exact) mass is 404 g/mol. The molecular formula is C20H19F3N4O2. The number of H-pyrrole nitrogens is 1. The number of aromatic nitrogens is 2. The molecule has 29 heavy (non-hydrogen) atoms. The van der Waals surface area contributed by atoms with Gasteiger partial charge in [0.2, 0.25) is 0 Å². The number of halogens is 3. The topological polar surface area (TPSA) is 61.5 Å². The van der Waals surface area contributed by atoms with Gasteiger partial charge in [-0.2, -0.15) is 5.10 Å². The molecular weight excluding hydrogens is 385 g/mol. The number of rotatable bonds is 4. The van der Waals surface area contributed by atoms with E-state index in [-0.39, 0.29) is 11.7 Å². The van der Waals surface area contributed by atoms with Crippen LogP contribution in [0.15, 0.2) is 48.5 Å². The zero-order chi connectivity index (χ0) is 20.4. The van der Waals surface area contributed by atoms with Crippen molar-refractivity contribution in [1.82, 2.24) is 20.0 Å². The van der Waals surface area contributed by atoms with Crippen LogP contribution in [0.3, 0.4) is 0 Å². The maximum atomic E-state index is 12.8.